The fraction of sp³-hybridized carbons (Fsp3) is 0.846. The predicted octanol–water partition coefficient (Wildman–Crippen LogP) is 1.55. The average molecular weight is 240 g/mol. The van der Waals surface area contributed by atoms with Crippen LogP contribution in [-0.2, 0) is 9.59 Å². The number of piperazine rings is 1. The Morgan fingerprint density at radius 2 is 2.00 bits per heavy atom. The van der Waals surface area contributed by atoms with Crippen molar-refractivity contribution in [3.05, 3.63) is 0 Å². The Kier molecular flexibility index (Phi) is 4.97. The molecule has 2 amide bonds. The molecule has 0 radical (unpaired) electrons. The number of nitrogens with zero attached hydrogens (tertiary/aromatic N) is 1. The highest BCUT2D eigenvalue weighted by Crippen LogP contribution is 2.20. The van der Waals surface area contributed by atoms with Gasteiger partial charge in [0, 0.05) is 6.04 Å². The van der Waals surface area contributed by atoms with Gasteiger partial charge in [0.25, 0.3) is 0 Å². The van der Waals surface area contributed by atoms with Gasteiger partial charge in [0.15, 0.2) is 0 Å². The van der Waals surface area contributed by atoms with E-state index >= 15 is 0 Å². The zero-order valence-corrected chi connectivity index (χ0v) is 11.3. The van der Waals surface area contributed by atoms with Crippen molar-refractivity contribution in [1.29, 1.82) is 0 Å². The van der Waals surface area contributed by atoms with E-state index in [2.05, 4.69) is 19.2 Å². The lowest BCUT2D eigenvalue weighted by molar-refractivity contribution is -0.148. The summed E-state index contributed by atoms with van der Waals surface area (Å²) in [6.07, 6.45) is 2.75. The Bertz CT molecular complexity index is 291. The van der Waals surface area contributed by atoms with Crippen LogP contribution in [0.5, 0.6) is 0 Å². The van der Waals surface area contributed by atoms with Crippen molar-refractivity contribution in [3.63, 3.8) is 0 Å². The molecule has 98 valence electrons. The van der Waals surface area contributed by atoms with Crippen LogP contribution in [0.4, 0.5) is 0 Å². The minimum Gasteiger partial charge on any atom is -0.345 e. The van der Waals surface area contributed by atoms with Crippen LogP contribution in [0.25, 0.3) is 0 Å². The number of rotatable bonds is 5. The highest BCUT2D eigenvalue weighted by Gasteiger charge is 2.36. The molecule has 17 heavy (non-hydrogen) atoms. The third kappa shape index (κ3) is 3.20. The summed E-state index contributed by atoms with van der Waals surface area (Å²) < 4.78 is 0. The third-order valence-electron chi connectivity index (χ3n) is 3.64. The fourth-order valence-electron chi connectivity index (χ4n) is 2.47. The summed E-state index contributed by atoms with van der Waals surface area (Å²) in [4.78, 5) is 25.5. The molecule has 4 nitrogen and oxygen atoms in total. The lowest BCUT2D eigenvalue weighted by Crippen LogP contribution is -2.60. The molecule has 3 unspecified atom stereocenters. The first-order chi connectivity index (χ1) is 8.01. The molecule has 1 saturated heterocycles. The Morgan fingerprint density at radius 3 is 2.53 bits per heavy atom. The Labute approximate surface area is 104 Å². The van der Waals surface area contributed by atoms with Crippen molar-refractivity contribution in [2.45, 2.75) is 59.0 Å². The molecule has 1 aliphatic heterocycles. The topological polar surface area (TPSA) is 49.4 Å². The molecular formula is C13H24N2O2. The first-order valence-corrected chi connectivity index (χ1v) is 6.60. The minimum atomic E-state index is -0.282. The van der Waals surface area contributed by atoms with Gasteiger partial charge in [-0.3, -0.25) is 9.59 Å². The molecule has 1 aliphatic rings. The van der Waals surface area contributed by atoms with Gasteiger partial charge in [0.2, 0.25) is 11.8 Å². The molecule has 0 aromatic carbocycles. The van der Waals surface area contributed by atoms with Crippen molar-refractivity contribution >= 4 is 11.8 Å². The van der Waals surface area contributed by atoms with Crippen LogP contribution in [-0.4, -0.2) is 35.3 Å². The van der Waals surface area contributed by atoms with Gasteiger partial charge in [0.05, 0.1) is 6.54 Å². The number of hydrogen-bond donors (Lipinski definition) is 1. The van der Waals surface area contributed by atoms with Crippen molar-refractivity contribution in [2.24, 2.45) is 5.92 Å². The van der Waals surface area contributed by atoms with E-state index in [4.69, 9.17) is 0 Å². The van der Waals surface area contributed by atoms with Crippen LogP contribution in [0.2, 0.25) is 0 Å². The van der Waals surface area contributed by atoms with Crippen molar-refractivity contribution in [2.75, 3.05) is 6.54 Å². The molecule has 0 aromatic rings. The average Bonchev–Trinajstić information content (AvgIpc) is 2.31. The molecule has 1 rings (SSSR count). The van der Waals surface area contributed by atoms with Gasteiger partial charge < -0.3 is 10.2 Å². The molecule has 3 atom stereocenters. The fourth-order valence-corrected chi connectivity index (χ4v) is 2.47. The van der Waals surface area contributed by atoms with Gasteiger partial charge in [-0.15, -0.1) is 0 Å². The molecule has 1 N–H and O–H groups in total. The first kappa shape index (κ1) is 14.0. The standard InChI is InChI=1S/C13H24N2O2/c1-5-9(3)7-10(4)15-11(6-2)13(17)14-8-12(15)16/h9-11H,5-8H2,1-4H3,(H,14,17). The number of amides is 2. The van der Waals surface area contributed by atoms with Crippen LogP contribution < -0.4 is 5.32 Å². The Hall–Kier alpha value is -1.06. The molecule has 4 heteroatoms. The maximum absolute atomic E-state index is 11.9. The van der Waals surface area contributed by atoms with E-state index < -0.39 is 0 Å². The van der Waals surface area contributed by atoms with E-state index in [1.54, 1.807) is 4.90 Å². The van der Waals surface area contributed by atoms with Gasteiger partial charge in [-0.05, 0) is 25.7 Å². The summed E-state index contributed by atoms with van der Waals surface area (Å²) in [5.41, 5.74) is 0. The quantitative estimate of drug-likeness (QED) is 0.792. The first-order valence-electron chi connectivity index (χ1n) is 6.60. The van der Waals surface area contributed by atoms with Crippen LogP contribution in [0.15, 0.2) is 0 Å². The van der Waals surface area contributed by atoms with E-state index in [0.717, 1.165) is 12.8 Å². The van der Waals surface area contributed by atoms with Crippen LogP contribution in [0.1, 0.15) is 47.0 Å². The highest BCUT2D eigenvalue weighted by atomic mass is 16.2. The maximum Gasteiger partial charge on any atom is 0.243 e. The Morgan fingerprint density at radius 1 is 1.35 bits per heavy atom. The van der Waals surface area contributed by atoms with E-state index in [1.807, 2.05) is 13.8 Å². The van der Waals surface area contributed by atoms with E-state index in [-0.39, 0.29) is 30.4 Å². The van der Waals surface area contributed by atoms with Gasteiger partial charge in [0.1, 0.15) is 6.04 Å². The number of hydrogen-bond acceptors (Lipinski definition) is 2. The zero-order valence-electron chi connectivity index (χ0n) is 11.3. The molecule has 0 spiro atoms. The lowest BCUT2D eigenvalue weighted by Gasteiger charge is -2.39. The second kappa shape index (κ2) is 6.03. The third-order valence-corrected chi connectivity index (χ3v) is 3.64. The van der Waals surface area contributed by atoms with E-state index in [1.165, 1.54) is 0 Å². The summed E-state index contributed by atoms with van der Waals surface area (Å²) in [7, 11) is 0. The highest BCUT2D eigenvalue weighted by molar-refractivity contribution is 5.94. The summed E-state index contributed by atoms with van der Waals surface area (Å²) >= 11 is 0. The molecule has 0 saturated carbocycles. The molecule has 0 aromatic heterocycles. The zero-order chi connectivity index (χ0) is 13.0. The Balaban J connectivity index is 2.75. The lowest BCUT2D eigenvalue weighted by atomic mass is 9.96. The maximum atomic E-state index is 11.9. The SMILES string of the molecule is CCC(C)CC(C)N1C(=O)CNC(=O)C1CC. The predicted molar refractivity (Wildman–Crippen MR) is 67.5 cm³/mol. The molecule has 0 bridgehead atoms. The summed E-state index contributed by atoms with van der Waals surface area (Å²) in [6, 6.07) is -0.135. The van der Waals surface area contributed by atoms with Crippen LogP contribution in [0, 0.1) is 5.92 Å². The summed E-state index contributed by atoms with van der Waals surface area (Å²) in [6.45, 7) is 8.49. The second-order valence-corrected chi connectivity index (χ2v) is 5.04. The monoisotopic (exact) mass is 240 g/mol. The summed E-state index contributed by atoms with van der Waals surface area (Å²) in [5.74, 6) is 0.621. The normalized spacial score (nSPS) is 24.5. The number of nitrogens with one attached hydrogen (secondary N) is 1. The summed E-state index contributed by atoms with van der Waals surface area (Å²) in [5, 5.41) is 2.65. The second-order valence-electron chi connectivity index (χ2n) is 5.04. The number of carbonyl (C=O) groups is 2. The molecule has 1 fully saturated rings. The van der Waals surface area contributed by atoms with Gasteiger partial charge in [-0.1, -0.05) is 27.2 Å². The number of carbonyl (C=O) groups excluding carboxylic acids is 2. The van der Waals surface area contributed by atoms with Crippen molar-refractivity contribution in [3.8, 4) is 0 Å². The minimum absolute atomic E-state index is 0.0110. The van der Waals surface area contributed by atoms with Crippen LogP contribution >= 0.6 is 0 Å². The van der Waals surface area contributed by atoms with Crippen LogP contribution in [0.3, 0.4) is 0 Å². The van der Waals surface area contributed by atoms with E-state index in [9.17, 15) is 9.59 Å². The van der Waals surface area contributed by atoms with Crippen molar-refractivity contribution in [1.82, 2.24) is 10.2 Å². The smallest absolute Gasteiger partial charge is 0.243 e. The molecule has 0 aliphatic carbocycles. The molecule has 1 heterocycles. The van der Waals surface area contributed by atoms with Gasteiger partial charge >= 0.3 is 0 Å². The largest absolute Gasteiger partial charge is 0.345 e. The molecular weight excluding hydrogens is 216 g/mol. The van der Waals surface area contributed by atoms with Crippen molar-refractivity contribution < 1.29 is 9.59 Å². The van der Waals surface area contributed by atoms with Gasteiger partial charge in [-0.2, -0.15) is 0 Å². The van der Waals surface area contributed by atoms with Gasteiger partial charge in [-0.25, -0.2) is 0 Å². The van der Waals surface area contributed by atoms with E-state index in [0.29, 0.717) is 12.3 Å².